The Hall–Kier alpha value is -4.01. The summed E-state index contributed by atoms with van der Waals surface area (Å²) in [5.41, 5.74) is 11.1. The fourth-order valence-electron chi connectivity index (χ4n) is 3.32. The van der Waals surface area contributed by atoms with Gasteiger partial charge in [-0.05, 0) is 11.1 Å². The fraction of sp³-hybridized carbons (Fsp3) is 0.105. The Balaban J connectivity index is 1.79. The van der Waals surface area contributed by atoms with Gasteiger partial charge >= 0.3 is 6.03 Å². The number of nitrogens with one attached hydrogen (secondary N) is 1. The van der Waals surface area contributed by atoms with E-state index in [2.05, 4.69) is 20.3 Å². The van der Waals surface area contributed by atoms with E-state index in [9.17, 15) is 9.59 Å². The van der Waals surface area contributed by atoms with Gasteiger partial charge in [-0.1, -0.05) is 60.7 Å². The van der Waals surface area contributed by atoms with E-state index < -0.39 is 17.5 Å². The standard InChI is InChI=1S/C19H17N7O2/c20-16-22-14(23-17(21)24-16)11-26-15(27)19(25-18(26)28,12-7-3-1-4-8-12)13-9-5-2-6-10-13/h1-10H,11H2,(H,25,28)(H4,20,21,22,23,24). The van der Waals surface area contributed by atoms with E-state index in [0.717, 1.165) is 4.90 Å². The van der Waals surface area contributed by atoms with Crippen molar-refractivity contribution in [3.8, 4) is 0 Å². The molecular formula is C19H17N7O2. The maximum atomic E-state index is 13.5. The number of amides is 3. The van der Waals surface area contributed by atoms with Crippen molar-refractivity contribution in [3.63, 3.8) is 0 Å². The number of nitrogens with zero attached hydrogens (tertiary/aromatic N) is 4. The fourth-order valence-corrected chi connectivity index (χ4v) is 3.32. The van der Waals surface area contributed by atoms with Crippen molar-refractivity contribution in [3.05, 3.63) is 77.6 Å². The third-order valence-corrected chi connectivity index (χ3v) is 4.53. The zero-order valence-corrected chi connectivity index (χ0v) is 14.7. The molecule has 0 saturated carbocycles. The quantitative estimate of drug-likeness (QED) is 0.579. The molecule has 9 nitrogen and oxygen atoms in total. The first kappa shape index (κ1) is 17.4. The highest BCUT2D eigenvalue weighted by atomic mass is 16.2. The predicted molar refractivity (Wildman–Crippen MR) is 101 cm³/mol. The minimum absolute atomic E-state index is 0.0769. The lowest BCUT2D eigenvalue weighted by atomic mass is 9.82. The number of hydrogen-bond acceptors (Lipinski definition) is 7. The molecule has 5 N–H and O–H groups in total. The number of hydrogen-bond donors (Lipinski definition) is 3. The lowest BCUT2D eigenvalue weighted by Gasteiger charge is -2.27. The Bertz CT molecular complexity index is 981. The van der Waals surface area contributed by atoms with Gasteiger partial charge in [0.25, 0.3) is 5.91 Å². The van der Waals surface area contributed by atoms with Gasteiger partial charge in [0.15, 0.2) is 11.4 Å². The smallest absolute Gasteiger partial charge is 0.325 e. The molecule has 2 heterocycles. The Kier molecular flexibility index (Phi) is 4.11. The molecule has 28 heavy (non-hydrogen) atoms. The summed E-state index contributed by atoms with van der Waals surface area (Å²) in [6.45, 7) is -0.178. The van der Waals surface area contributed by atoms with Gasteiger partial charge in [0.05, 0.1) is 6.54 Å². The summed E-state index contributed by atoms with van der Waals surface area (Å²) in [5, 5.41) is 2.85. The lowest BCUT2D eigenvalue weighted by Crippen LogP contribution is -2.45. The van der Waals surface area contributed by atoms with Crippen LogP contribution in [0.25, 0.3) is 0 Å². The molecular weight excluding hydrogens is 358 g/mol. The Morgan fingerprint density at radius 3 is 1.82 bits per heavy atom. The molecule has 1 aliphatic rings. The van der Waals surface area contributed by atoms with Crippen molar-refractivity contribution in [2.45, 2.75) is 12.1 Å². The topological polar surface area (TPSA) is 140 Å². The van der Waals surface area contributed by atoms with Gasteiger partial charge in [-0.15, -0.1) is 0 Å². The Labute approximate surface area is 160 Å². The number of nitrogen functional groups attached to an aromatic ring is 2. The van der Waals surface area contributed by atoms with Gasteiger partial charge in [-0.2, -0.15) is 15.0 Å². The molecule has 4 rings (SSSR count). The maximum absolute atomic E-state index is 13.5. The highest BCUT2D eigenvalue weighted by molar-refractivity contribution is 6.09. The Morgan fingerprint density at radius 2 is 1.32 bits per heavy atom. The van der Waals surface area contributed by atoms with E-state index in [1.165, 1.54) is 0 Å². The summed E-state index contributed by atoms with van der Waals surface area (Å²) < 4.78 is 0. The normalized spacial score (nSPS) is 15.5. The van der Waals surface area contributed by atoms with Crippen LogP contribution in [-0.4, -0.2) is 31.8 Å². The molecule has 1 aliphatic heterocycles. The first-order chi connectivity index (χ1) is 13.5. The number of urea groups is 1. The molecule has 9 heteroatoms. The van der Waals surface area contributed by atoms with Crippen LogP contribution in [0.5, 0.6) is 0 Å². The Morgan fingerprint density at radius 1 is 0.821 bits per heavy atom. The molecule has 2 aromatic carbocycles. The summed E-state index contributed by atoms with van der Waals surface area (Å²) in [6, 6.07) is 17.6. The average Bonchev–Trinajstić information content (AvgIpc) is 2.94. The van der Waals surface area contributed by atoms with E-state index in [-0.39, 0.29) is 24.3 Å². The zero-order valence-electron chi connectivity index (χ0n) is 14.7. The summed E-state index contributed by atoms with van der Waals surface area (Å²) >= 11 is 0. The van der Waals surface area contributed by atoms with Gasteiger partial charge in [-0.3, -0.25) is 9.69 Å². The van der Waals surface area contributed by atoms with Gasteiger partial charge < -0.3 is 16.8 Å². The number of carbonyl (C=O) groups is 2. The molecule has 3 aromatic rings. The van der Waals surface area contributed by atoms with E-state index in [1.807, 2.05) is 36.4 Å². The van der Waals surface area contributed by atoms with Crippen LogP contribution in [0.15, 0.2) is 60.7 Å². The summed E-state index contributed by atoms with van der Waals surface area (Å²) in [5.74, 6) is -0.461. The van der Waals surface area contributed by atoms with Crippen LogP contribution < -0.4 is 16.8 Å². The van der Waals surface area contributed by atoms with Gasteiger partial charge in [0, 0.05) is 0 Å². The number of nitrogens with two attached hydrogens (primary N) is 2. The number of benzene rings is 2. The summed E-state index contributed by atoms with van der Waals surface area (Å²) in [7, 11) is 0. The van der Waals surface area contributed by atoms with Gasteiger partial charge in [0.2, 0.25) is 11.9 Å². The molecule has 140 valence electrons. The predicted octanol–water partition coefficient (Wildman–Crippen LogP) is 1.03. The van der Waals surface area contributed by atoms with Crippen LogP contribution in [0.1, 0.15) is 17.0 Å². The minimum atomic E-state index is -1.34. The SMILES string of the molecule is Nc1nc(N)nc(CN2C(=O)NC(c3ccccc3)(c3ccccc3)C2=O)n1. The van der Waals surface area contributed by atoms with E-state index in [1.54, 1.807) is 24.3 Å². The van der Waals surface area contributed by atoms with Crippen LogP contribution in [0.2, 0.25) is 0 Å². The zero-order chi connectivity index (χ0) is 19.7. The van der Waals surface area contributed by atoms with Crippen molar-refractivity contribution < 1.29 is 9.59 Å². The second-order valence-electron chi connectivity index (χ2n) is 6.27. The van der Waals surface area contributed by atoms with Gasteiger partial charge in [-0.25, -0.2) is 4.79 Å². The van der Waals surface area contributed by atoms with Crippen LogP contribution in [0, 0.1) is 0 Å². The van der Waals surface area contributed by atoms with E-state index in [0.29, 0.717) is 11.1 Å². The second kappa shape index (κ2) is 6.62. The van der Waals surface area contributed by atoms with Crippen molar-refractivity contribution in [2.24, 2.45) is 0 Å². The minimum Gasteiger partial charge on any atom is -0.368 e. The molecule has 1 saturated heterocycles. The first-order valence-electron chi connectivity index (χ1n) is 8.52. The van der Waals surface area contributed by atoms with Crippen molar-refractivity contribution in [1.82, 2.24) is 25.2 Å². The molecule has 1 fully saturated rings. The monoisotopic (exact) mass is 375 g/mol. The highest BCUT2D eigenvalue weighted by Crippen LogP contribution is 2.36. The number of anilines is 2. The van der Waals surface area contributed by atoms with Gasteiger partial charge in [0.1, 0.15) is 0 Å². The maximum Gasteiger partial charge on any atom is 0.325 e. The van der Waals surface area contributed by atoms with E-state index >= 15 is 0 Å². The largest absolute Gasteiger partial charge is 0.368 e. The highest BCUT2D eigenvalue weighted by Gasteiger charge is 2.53. The molecule has 3 amide bonds. The molecule has 0 bridgehead atoms. The number of carbonyl (C=O) groups excluding carboxylic acids is 2. The molecule has 1 aromatic heterocycles. The van der Waals surface area contributed by atoms with Crippen molar-refractivity contribution in [1.29, 1.82) is 0 Å². The van der Waals surface area contributed by atoms with Crippen LogP contribution in [-0.2, 0) is 16.9 Å². The van der Waals surface area contributed by atoms with Crippen molar-refractivity contribution >= 4 is 23.8 Å². The number of imide groups is 1. The lowest BCUT2D eigenvalue weighted by molar-refractivity contribution is -0.130. The second-order valence-corrected chi connectivity index (χ2v) is 6.27. The molecule has 0 atom stereocenters. The number of aromatic nitrogens is 3. The molecule has 0 radical (unpaired) electrons. The number of rotatable bonds is 4. The molecule has 0 aliphatic carbocycles. The average molecular weight is 375 g/mol. The van der Waals surface area contributed by atoms with Crippen molar-refractivity contribution in [2.75, 3.05) is 11.5 Å². The summed E-state index contributed by atoms with van der Waals surface area (Å²) in [4.78, 5) is 39.0. The molecule has 0 unspecified atom stereocenters. The van der Waals surface area contributed by atoms with Crippen LogP contribution in [0.3, 0.4) is 0 Å². The molecule has 0 spiro atoms. The van der Waals surface area contributed by atoms with Crippen LogP contribution in [0.4, 0.5) is 16.7 Å². The first-order valence-corrected chi connectivity index (χ1v) is 8.52. The third-order valence-electron chi connectivity index (χ3n) is 4.53. The van der Waals surface area contributed by atoms with Crippen LogP contribution >= 0.6 is 0 Å². The van der Waals surface area contributed by atoms with E-state index in [4.69, 9.17) is 11.5 Å². The third kappa shape index (κ3) is 2.78. The summed E-state index contributed by atoms with van der Waals surface area (Å²) in [6.07, 6.45) is 0.